The van der Waals surface area contributed by atoms with Crippen molar-refractivity contribution in [3.8, 4) is 11.3 Å². The van der Waals surface area contributed by atoms with Gasteiger partial charge < -0.3 is 0 Å². The lowest BCUT2D eigenvalue weighted by Crippen LogP contribution is -2.51. The molecule has 1 aliphatic carbocycles. The molecule has 2 aromatic carbocycles. The predicted octanol–water partition coefficient (Wildman–Crippen LogP) is 5.56. The quantitative estimate of drug-likeness (QED) is 0.508. The molecule has 1 aromatic heterocycles. The highest BCUT2D eigenvalue weighted by Crippen LogP contribution is 2.53. The number of hydrogen-bond donors (Lipinski definition) is 0. The second-order valence-electron chi connectivity index (χ2n) is 8.90. The Morgan fingerprint density at radius 1 is 1.04 bits per heavy atom. The van der Waals surface area contributed by atoms with E-state index < -0.39 is 0 Å². The van der Waals surface area contributed by atoms with Gasteiger partial charge in [0.2, 0.25) is 5.69 Å². The Morgan fingerprint density at radius 3 is 2.50 bits per heavy atom. The normalized spacial score (nSPS) is 21.9. The summed E-state index contributed by atoms with van der Waals surface area (Å²) >= 11 is 0. The Morgan fingerprint density at radius 2 is 1.77 bits per heavy atom. The van der Waals surface area contributed by atoms with Crippen LogP contribution in [-0.2, 0) is 17.4 Å². The van der Waals surface area contributed by atoms with Crippen molar-refractivity contribution in [1.82, 2.24) is 0 Å². The van der Waals surface area contributed by atoms with Crippen molar-refractivity contribution in [3.63, 3.8) is 0 Å². The van der Waals surface area contributed by atoms with Gasteiger partial charge in [0.25, 0.3) is 0 Å². The summed E-state index contributed by atoms with van der Waals surface area (Å²) < 4.78 is 17.6. The van der Waals surface area contributed by atoms with Crippen LogP contribution in [0, 0.1) is 12.7 Å². The highest BCUT2D eigenvalue weighted by molar-refractivity contribution is 6.02. The number of halogens is 1. The van der Waals surface area contributed by atoms with Gasteiger partial charge in [-0.3, -0.25) is 0 Å². The van der Waals surface area contributed by atoms with Crippen molar-refractivity contribution >= 4 is 10.8 Å². The molecule has 0 spiro atoms. The van der Waals surface area contributed by atoms with E-state index in [1.807, 2.05) is 6.07 Å². The molecule has 132 valence electrons. The Balaban J connectivity index is 2.09. The van der Waals surface area contributed by atoms with Gasteiger partial charge in [0.05, 0.1) is 16.4 Å². The number of nitrogens with zero attached hydrogens (tertiary/aromatic N) is 1. The number of rotatable bonds is 1. The summed E-state index contributed by atoms with van der Waals surface area (Å²) in [7, 11) is 0. The minimum Gasteiger partial charge on any atom is -0.207 e. The first-order valence-electron chi connectivity index (χ1n) is 9.59. The van der Waals surface area contributed by atoms with Crippen molar-refractivity contribution in [2.45, 2.75) is 58.4 Å². The Bertz CT molecular complexity index is 1110. The molecule has 1 aliphatic heterocycles. The highest BCUT2D eigenvalue weighted by Gasteiger charge is 2.48. The molecule has 1 unspecified atom stereocenters. The number of aromatic nitrogens is 1. The van der Waals surface area contributed by atoms with E-state index in [1.165, 1.54) is 33.2 Å². The van der Waals surface area contributed by atoms with Gasteiger partial charge in [0.15, 0.2) is 12.7 Å². The third-order valence-electron chi connectivity index (χ3n) is 7.05. The van der Waals surface area contributed by atoms with E-state index in [2.05, 4.69) is 63.6 Å². The molecule has 3 aromatic rings. The molecule has 0 fully saturated rings. The fourth-order valence-corrected chi connectivity index (χ4v) is 5.33. The van der Waals surface area contributed by atoms with Crippen LogP contribution in [0.25, 0.3) is 22.0 Å². The number of aryl methyl sites for hydroxylation is 1. The molecule has 2 heteroatoms. The molecular formula is C24H25FN+. The van der Waals surface area contributed by atoms with Gasteiger partial charge in [-0.15, -0.1) is 0 Å². The zero-order valence-electron chi connectivity index (χ0n) is 16.2. The Hall–Kier alpha value is -2.22. The monoisotopic (exact) mass is 346 g/mol. The number of hydrogen-bond acceptors (Lipinski definition) is 0. The molecule has 1 atom stereocenters. The van der Waals surface area contributed by atoms with Crippen molar-refractivity contribution in [2.24, 2.45) is 0 Å². The van der Waals surface area contributed by atoms with Gasteiger partial charge in [0.1, 0.15) is 5.82 Å². The van der Waals surface area contributed by atoms with Crippen LogP contribution in [0.1, 0.15) is 56.4 Å². The van der Waals surface area contributed by atoms with Crippen molar-refractivity contribution in [2.75, 3.05) is 0 Å². The largest absolute Gasteiger partial charge is 0.221 e. The Labute approximate surface area is 154 Å². The molecule has 0 saturated heterocycles. The zero-order chi connectivity index (χ0) is 18.4. The van der Waals surface area contributed by atoms with E-state index in [0.717, 1.165) is 24.1 Å². The minimum absolute atomic E-state index is 0.0283. The van der Waals surface area contributed by atoms with Crippen molar-refractivity contribution in [3.05, 3.63) is 64.6 Å². The summed E-state index contributed by atoms with van der Waals surface area (Å²) in [5.74, 6) is -0.0797. The maximum atomic E-state index is 15.2. The summed E-state index contributed by atoms with van der Waals surface area (Å²) in [6, 6.07) is 10.4. The van der Waals surface area contributed by atoms with Crippen LogP contribution in [0.15, 0.2) is 36.5 Å². The summed E-state index contributed by atoms with van der Waals surface area (Å²) in [6.07, 6.45) is 3.24. The predicted molar refractivity (Wildman–Crippen MR) is 104 cm³/mol. The van der Waals surface area contributed by atoms with Gasteiger partial charge in [-0.2, -0.15) is 4.57 Å². The summed E-state index contributed by atoms with van der Waals surface area (Å²) in [5, 5.41) is 2.61. The van der Waals surface area contributed by atoms with E-state index >= 15 is 4.39 Å². The molecule has 0 N–H and O–H groups in total. The maximum Gasteiger partial charge on any atom is 0.221 e. The van der Waals surface area contributed by atoms with Gasteiger partial charge in [-0.25, -0.2) is 4.39 Å². The van der Waals surface area contributed by atoms with E-state index in [-0.39, 0.29) is 16.6 Å². The molecule has 0 saturated carbocycles. The van der Waals surface area contributed by atoms with Gasteiger partial charge >= 0.3 is 0 Å². The average molecular weight is 346 g/mol. The zero-order valence-corrected chi connectivity index (χ0v) is 16.2. The molecule has 5 rings (SSSR count). The van der Waals surface area contributed by atoms with Crippen LogP contribution in [0.3, 0.4) is 0 Å². The molecule has 26 heavy (non-hydrogen) atoms. The molecule has 0 bridgehead atoms. The summed E-state index contributed by atoms with van der Waals surface area (Å²) in [4.78, 5) is 0. The van der Waals surface area contributed by atoms with Gasteiger partial charge in [0, 0.05) is 17.0 Å². The summed E-state index contributed by atoms with van der Waals surface area (Å²) in [5.41, 5.74) is 6.75. The second kappa shape index (κ2) is 4.73. The summed E-state index contributed by atoms with van der Waals surface area (Å²) in [6.45, 7) is 12.0. The standard InChI is InChI=1S/C24H25FN/c1-6-24(5)13-26-12-11-15-14(2)7-8-16-19(15)22(26)20-17(24)9-10-18(25)21(20)23(16,3)4/h7-12H,6,13H2,1-5H3/q+1. The van der Waals surface area contributed by atoms with Crippen LogP contribution < -0.4 is 4.57 Å². The third kappa shape index (κ3) is 1.68. The second-order valence-corrected chi connectivity index (χ2v) is 8.90. The minimum atomic E-state index is -0.348. The van der Waals surface area contributed by atoms with Gasteiger partial charge in [-0.05, 0) is 48.4 Å². The number of benzene rings is 2. The van der Waals surface area contributed by atoms with Crippen LogP contribution in [0.5, 0.6) is 0 Å². The van der Waals surface area contributed by atoms with Crippen molar-refractivity contribution < 1.29 is 8.96 Å². The van der Waals surface area contributed by atoms with Gasteiger partial charge in [-0.1, -0.05) is 39.0 Å². The molecule has 2 heterocycles. The third-order valence-corrected chi connectivity index (χ3v) is 7.05. The average Bonchev–Trinajstić information content (AvgIpc) is 2.60. The lowest BCUT2D eigenvalue weighted by atomic mass is 9.63. The molecule has 0 radical (unpaired) electrons. The van der Waals surface area contributed by atoms with Crippen LogP contribution >= 0.6 is 0 Å². The topological polar surface area (TPSA) is 3.88 Å². The van der Waals surface area contributed by atoms with E-state index in [9.17, 15) is 0 Å². The Kier molecular flexibility index (Phi) is 2.91. The molecule has 2 aliphatic rings. The molecule has 1 nitrogen and oxygen atoms in total. The maximum absolute atomic E-state index is 15.2. The first-order valence-corrected chi connectivity index (χ1v) is 9.59. The smallest absolute Gasteiger partial charge is 0.207 e. The lowest BCUT2D eigenvalue weighted by molar-refractivity contribution is -0.695. The van der Waals surface area contributed by atoms with Crippen LogP contribution in [-0.4, -0.2) is 0 Å². The molecule has 0 amide bonds. The van der Waals surface area contributed by atoms with E-state index in [0.29, 0.717) is 0 Å². The highest BCUT2D eigenvalue weighted by atomic mass is 19.1. The first kappa shape index (κ1) is 16.0. The fraction of sp³-hybridized carbons (Fsp3) is 0.375. The van der Waals surface area contributed by atoms with Crippen molar-refractivity contribution in [1.29, 1.82) is 0 Å². The SMILES string of the molecule is CCC1(C)C[n+]2ccc3c(C)ccc4c3c2-c2c1ccc(F)c2C4(C)C. The van der Waals surface area contributed by atoms with E-state index in [1.54, 1.807) is 6.07 Å². The van der Waals surface area contributed by atoms with E-state index in [4.69, 9.17) is 0 Å². The molecular weight excluding hydrogens is 321 g/mol. The number of pyridine rings is 1. The van der Waals surface area contributed by atoms with Crippen LogP contribution in [0.4, 0.5) is 4.39 Å². The lowest BCUT2D eigenvalue weighted by Gasteiger charge is -2.40. The first-order chi connectivity index (χ1) is 12.3. The van der Waals surface area contributed by atoms with Crippen LogP contribution in [0.2, 0.25) is 0 Å². The fourth-order valence-electron chi connectivity index (χ4n) is 5.33.